The van der Waals surface area contributed by atoms with E-state index in [2.05, 4.69) is 5.32 Å². The van der Waals surface area contributed by atoms with Crippen LogP contribution < -0.4 is 10.1 Å². The van der Waals surface area contributed by atoms with Crippen LogP contribution in [0.25, 0.3) is 6.08 Å². The highest BCUT2D eigenvalue weighted by Gasteiger charge is 2.12. The van der Waals surface area contributed by atoms with Gasteiger partial charge in [0.25, 0.3) is 5.69 Å². The van der Waals surface area contributed by atoms with Gasteiger partial charge < -0.3 is 10.1 Å². The second-order valence-electron chi connectivity index (χ2n) is 4.37. The molecule has 0 spiro atoms. The van der Waals surface area contributed by atoms with Gasteiger partial charge >= 0.3 is 0 Å². The number of benzene rings is 2. The standard InChI is InChI=1S/C16H14N2O4/c1-22-15-9-8-13(18(20)21)11-14(15)17-16(19)10-7-12-5-3-2-4-6-12/h2-11H,1H3,(H,17,19). The van der Waals surface area contributed by atoms with Crippen molar-refractivity contribution < 1.29 is 14.5 Å². The maximum atomic E-state index is 11.9. The number of ether oxygens (including phenoxy) is 1. The summed E-state index contributed by atoms with van der Waals surface area (Å²) in [7, 11) is 1.43. The van der Waals surface area contributed by atoms with Crippen LogP contribution in [0.4, 0.5) is 11.4 Å². The highest BCUT2D eigenvalue weighted by Crippen LogP contribution is 2.28. The minimum Gasteiger partial charge on any atom is -0.495 e. The van der Waals surface area contributed by atoms with Crippen molar-refractivity contribution in [2.45, 2.75) is 0 Å². The first-order valence-electron chi connectivity index (χ1n) is 6.46. The summed E-state index contributed by atoms with van der Waals surface area (Å²) in [6, 6.07) is 13.3. The second kappa shape index (κ2) is 7.03. The van der Waals surface area contributed by atoms with E-state index in [0.29, 0.717) is 5.75 Å². The molecule has 112 valence electrons. The summed E-state index contributed by atoms with van der Waals surface area (Å²) in [6.45, 7) is 0. The number of rotatable bonds is 5. The fourth-order valence-corrected chi connectivity index (χ4v) is 1.82. The number of anilines is 1. The van der Waals surface area contributed by atoms with E-state index in [1.165, 1.54) is 31.4 Å². The van der Waals surface area contributed by atoms with Crippen LogP contribution in [0.1, 0.15) is 5.56 Å². The lowest BCUT2D eigenvalue weighted by atomic mass is 10.2. The number of amides is 1. The lowest BCUT2D eigenvalue weighted by molar-refractivity contribution is -0.384. The van der Waals surface area contributed by atoms with Crippen LogP contribution in [0.15, 0.2) is 54.6 Å². The lowest BCUT2D eigenvalue weighted by Crippen LogP contribution is -2.09. The Hall–Kier alpha value is -3.15. The molecule has 0 saturated carbocycles. The number of hydrogen-bond donors (Lipinski definition) is 1. The first-order valence-corrected chi connectivity index (χ1v) is 6.46. The van der Waals surface area contributed by atoms with Crippen LogP contribution in [0.3, 0.4) is 0 Å². The largest absolute Gasteiger partial charge is 0.495 e. The van der Waals surface area contributed by atoms with Crippen LogP contribution in [-0.4, -0.2) is 17.9 Å². The fraction of sp³-hybridized carbons (Fsp3) is 0.0625. The van der Waals surface area contributed by atoms with Crippen molar-refractivity contribution in [3.05, 3.63) is 70.3 Å². The van der Waals surface area contributed by atoms with Crippen molar-refractivity contribution in [2.24, 2.45) is 0 Å². The molecule has 6 heteroatoms. The molecular weight excluding hydrogens is 284 g/mol. The van der Waals surface area contributed by atoms with Gasteiger partial charge in [-0.2, -0.15) is 0 Å². The smallest absolute Gasteiger partial charge is 0.271 e. The molecule has 0 saturated heterocycles. The molecule has 0 aliphatic heterocycles. The van der Waals surface area contributed by atoms with Gasteiger partial charge in [-0.05, 0) is 17.7 Å². The van der Waals surface area contributed by atoms with Crippen LogP contribution in [0.2, 0.25) is 0 Å². The Morgan fingerprint density at radius 1 is 1.23 bits per heavy atom. The Bertz CT molecular complexity index is 711. The summed E-state index contributed by atoms with van der Waals surface area (Å²) < 4.78 is 5.08. The molecule has 0 fully saturated rings. The molecule has 0 bridgehead atoms. The molecule has 6 nitrogen and oxygen atoms in total. The van der Waals surface area contributed by atoms with Gasteiger partial charge in [-0.15, -0.1) is 0 Å². The van der Waals surface area contributed by atoms with Gasteiger partial charge in [0.15, 0.2) is 0 Å². The summed E-state index contributed by atoms with van der Waals surface area (Å²) in [6.07, 6.45) is 3.01. The van der Waals surface area contributed by atoms with E-state index in [1.54, 1.807) is 6.08 Å². The normalized spacial score (nSPS) is 10.4. The van der Waals surface area contributed by atoms with E-state index >= 15 is 0 Å². The lowest BCUT2D eigenvalue weighted by Gasteiger charge is -2.08. The third-order valence-corrected chi connectivity index (χ3v) is 2.88. The van der Waals surface area contributed by atoms with E-state index in [9.17, 15) is 14.9 Å². The summed E-state index contributed by atoms with van der Waals surface area (Å²) >= 11 is 0. The Morgan fingerprint density at radius 2 is 1.95 bits per heavy atom. The molecule has 0 atom stereocenters. The number of carbonyl (C=O) groups is 1. The molecule has 0 unspecified atom stereocenters. The number of non-ortho nitro benzene ring substituents is 1. The second-order valence-corrected chi connectivity index (χ2v) is 4.37. The van der Waals surface area contributed by atoms with Crippen molar-refractivity contribution in [3.63, 3.8) is 0 Å². The molecule has 0 aromatic heterocycles. The Balaban J connectivity index is 2.15. The SMILES string of the molecule is COc1ccc([N+](=O)[O-])cc1NC(=O)C=Cc1ccccc1. The third-order valence-electron chi connectivity index (χ3n) is 2.88. The average Bonchev–Trinajstić information content (AvgIpc) is 2.53. The Labute approximate surface area is 127 Å². The number of carbonyl (C=O) groups excluding carboxylic acids is 1. The van der Waals surface area contributed by atoms with Crippen LogP contribution >= 0.6 is 0 Å². The van der Waals surface area contributed by atoms with Crippen molar-refractivity contribution >= 4 is 23.4 Å². The number of nitrogens with one attached hydrogen (secondary N) is 1. The van der Waals surface area contributed by atoms with E-state index < -0.39 is 10.8 Å². The molecule has 2 aromatic rings. The highest BCUT2D eigenvalue weighted by molar-refractivity contribution is 6.03. The van der Waals surface area contributed by atoms with E-state index in [1.807, 2.05) is 30.3 Å². The van der Waals surface area contributed by atoms with Gasteiger partial charge in [0.1, 0.15) is 5.75 Å². The number of methoxy groups -OCH3 is 1. The summed E-state index contributed by atoms with van der Waals surface area (Å²) in [4.78, 5) is 22.2. The molecule has 0 aliphatic rings. The topological polar surface area (TPSA) is 81.5 Å². The highest BCUT2D eigenvalue weighted by atomic mass is 16.6. The molecule has 2 rings (SSSR count). The number of nitro groups is 1. The van der Waals surface area contributed by atoms with Crippen LogP contribution in [0.5, 0.6) is 5.75 Å². The molecule has 1 N–H and O–H groups in total. The zero-order valence-corrected chi connectivity index (χ0v) is 11.9. The summed E-state index contributed by atoms with van der Waals surface area (Å²) in [5, 5.41) is 13.4. The minimum atomic E-state index is -0.533. The van der Waals surface area contributed by atoms with Gasteiger partial charge in [-0.1, -0.05) is 30.3 Å². The Kier molecular flexibility index (Phi) is 4.87. The summed E-state index contributed by atoms with van der Waals surface area (Å²) in [5.74, 6) is -0.0466. The first-order chi connectivity index (χ1) is 10.6. The van der Waals surface area contributed by atoms with E-state index in [4.69, 9.17) is 4.74 Å². The monoisotopic (exact) mass is 298 g/mol. The van der Waals surface area contributed by atoms with E-state index in [-0.39, 0.29) is 11.4 Å². The zero-order chi connectivity index (χ0) is 15.9. The van der Waals surface area contributed by atoms with Crippen molar-refractivity contribution in [2.75, 3.05) is 12.4 Å². The molecule has 0 aliphatic carbocycles. The van der Waals surface area contributed by atoms with E-state index in [0.717, 1.165) is 5.56 Å². The first kappa shape index (κ1) is 15.2. The predicted octanol–water partition coefficient (Wildman–Crippen LogP) is 3.26. The molecule has 0 heterocycles. The number of nitro benzene ring substituents is 1. The van der Waals surface area contributed by atoms with Gasteiger partial charge in [0.05, 0.1) is 17.7 Å². The minimum absolute atomic E-state index is 0.122. The molecule has 22 heavy (non-hydrogen) atoms. The molecule has 2 aromatic carbocycles. The molecule has 0 radical (unpaired) electrons. The van der Waals surface area contributed by atoms with Crippen LogP contribution in [-0.2, 0) is 4.79 Å². The number of nitrogens with zero attached hydrogens (tertiary/aromatic N) is 1. The van der Waals surface area contributed by atoms with Crippen LogP contribution in [0, 0.1) is 10.1 Å². The average molecular weight is 298 g/mol. The molecule has 1 amide bonds. The maximum absolute atomic E-state index is 11.9. The third kappa shape index (κ3) is 3.92. The van der Waals surface area contributed by atoms with Crippen molar-refractivity contribution in [3.8, 4) is 5.75 Å². The summed E-state index contributed by atoms with van der Waals surface area (Å²) in [5.41, 5.74) is 1.01. The van der Waals surface area contributed by atoms with Gasteiger partial charge in [0, 0.05) is 18.2 Å². The fourth-order valence-electron chi connectivity index (χ4n) is 1.82. The maximum Gasteiger partial charge on any atom is 0.271 e. The number of hydrogen-bond acceptors (Lipinski definition) is 4. The van der Waals surface area contributed by atoms with Crippen molar-refractivity contribution in [1.29, 1.82) is 0 Å². The zero-order valence-electron chi connectivity index (χ0n) is 11.9. The Morgan fingerprint density at radius 3 is 2.59 bits per heavy atom. The molecular formula is C16H14N2O4. The van der Waals surface area contributed by atoms with Gasteiger partial charge in [-0.25, -0.2) is 0 Å². The predicted molar refractivity (Wildman–Crippen MR) is 83.8 cm³/mol. The quantitative estimate of drug-likeness (QED) is 0.522. The van der Waals surface area contributed by atoms with Crippen molar-refractivity contribution in [1.82, 2.24) is 0 Å². The van der Waals surface area contributed by atoms with Gasteiger partial charge in [0.2, 0.25) is 5.91 Å². The van der Waals surface area contributed by atoms with Gasteiger partial charge in [-0.3, -0.25) is 14.9 Å².